The van der Waals surface area contributed by atoms with E-state index in [1.807, 2.05) is 0 Å². The molecule has 0 fully saturated rings. The van der Waals surface area contributed by atoms with Crippen LogP contribution in [0.3, 0.4) is 0 Å². The average molecular weight is 291 g/mol. The number of benzene rings is 1. The molecule has 0 spiro atoms. The maximum Gasteiger partial charge on any atom is 0.371 e. The van der Waals surface area contributed by atoms with Crippen LogP contribution in [-0.4, -0.2) is 11.6 Å². The molecule has 0 saturated carbocycles. The fraction of sp³-hybridized carbons (Fsp3) is 0.250. The van der Waals surface area contributed by atoms with Crippen molar-refractivity contribution in [3.8, 4) is 5.75 Å². The van der Waals surface area contributed by atoms with E-state index in [4.69, 9.17) is 32.7 Å². The third-order valence-electron chi connectivity index (χ3n) is 2.38. The molecule has 1 aliphatic rings. The lowest BCUT2D eigenvalue weighted by atomic mass is 10.1. The fourth-order valence-electron chi connectivity index (χ4n) is 1.52. The van der Waals surface area contributed by atoms with E-state index in [1.165, 1.54) is 26.0 Å². The molecule has 6 heteroatoms. The molecule has 1 aromatic rings. The van der Waals surface area contributed by atoms with Gasteiger partial charge in [0.2, 0.25) is 5.83 Å². The van der Waals surface area contributed by atoms with Crippen molar-refractivity contribution in [3.63, 3.8) is 0 Å². The number of rotatable bonds is 2. The maximum atomic E-state index is 13.6. The number of hydrogen-bond acceptors (Lipinski definition) is 3. The van der Waals surface area contributed by atoms with Gasteiger partial charge in [-0.25, -0.2) is 4.79 Å². The minimum Gasteiger partial charge on any atom is -0.453 e. The van der Waals surface area contributed by atoms with E-state index in [0.717, 1.165) is 0 Å². The molecular weight excluding hydrogens is 282 g/mol. The van der Waals surface area contributed by atoms with Gasteiger partial charge in [0.05, 0.1) is 5.02 Å². The highest BCUT2D eigenvalue weighted by Gasteiger charge is 2.43. The third-order valence-corrected chi connectivity index (χ3v) is 2.91. The Morgan fingerprint density at radius 3 is 2.50 bits per heavy atom. The van der Waals surface area contributed by atoms with E-state index in [0.29, 0.717) is 5.02 Å². The summed E-state index contributed by atoms with van der Waals surface area (Å²) in [5.74, 6) is -2.08. The van der Waals surface area contributed by atoms with Crippen molar-refractivity contribution in [1.29, 1.82) is 0 Å². The van der Waals surface area contributed by atoms with Gasteiger partial charge >= 0.3 is 5.97 Å². The van der Waals surface area contributed by atoms with E-state index in [1.54, 1.807) is 6.07 Å². The Hall–Kier alpha value is -1.26. The standard InChI is InChI=1S/C12H9Cl2FO3/c1-12(2)10(9(15)11(16)18-12)17-8-4-3-6(13)5-7(8)14/h3-5H,1-2H3. The first-order valence-corrected chi connectivity index (χ1v) is 5.83. The number of carbonyl (C=O) groups excluding carboxylic acids is 1. The van der Waals surface area contributed by atoms with Gasteiger partial charge in [-0.1, -0.05) is 23.2 Å². The molecule has 1 aromatic carbocycles. The largest absolute Gasteiger partial charge is 0.453 e. The van der Waals surface area contributed by atoms with Crippen LogP contribution in [0.2, 0.25) is 10.0 Å². The molecule has 0 bridgehead atoms. The van der Waals surface area contributed by atoms with Crippen molar-refractivity contribution in [2.45, 2.75) is 19.4 Å². The predicted octanol–water partition coefficient (Wildman–Crippen LogP) is 3.89. The minimum absolute atomic E-state index is 0.197. The van der Waals surface area contributed by atoms with Crippen LogP contribution in [0.25, 0.3) is 0 Å². The highest BCUT2D eigenvalue weighted by molar-refractivity contribution is 6.35. The van der Waals surface area contributed by atoms with Crippen molar-refractivity contribution in [2.75, 3.05) is 0 Å². The summed E-state index contributed by atoms with van der Waals surface area (Å²) in [6.45, 7) is 3.05. The van der Waals surface area contributed by atoms with Crippen molar-refractivity contribution in [3.05, 3.63) is 39.8 Å². The van der Waals surface area contributed by atoms with Gasteiger partial charge in [0, 0.05) is 5.02 Å². The van der Waals surface area contributed by atoms with Gasteiger partial charge in [-0.15, -0.1) is 0 Å². The first kappa shape index (κ1) is 13.2. The van der Waals surface area contributed by atoms with Crippen molar-refractivity contribution >= 4 is 29.2 Å². The number of esters is 1. The first-order valence-electron chi connectivity index (χ1n) is 5.08. The second-order valence-electron chi connectivity index (χ2n) is 4.22. The van der Waals surface area contributed by atoms with Crippen LogP contribution in [0, 0.1) is 0 Å². The van der Waals surface area contributed by atoms with Crippen molar-refractivity contribution in [2.24, 2.45) is 0 Å². The summed E-state index contributed by atoms with van der Waals surface area (Å²) in [5.41, 5.74) is -1.16. The Balaban J connectivity index is 2.37. The second-order valence-corrected chi connectivity index (χ2v) is 5.06. The summed E-state index contributed by atoms with van der Waals surface area (Å²) in [6.07, 6.45) is 0. The van der Waals surface area contributed by atoms with E-state index in [2.05, 4.69) is 0 Å². The molecular formula is C12H9Cl2FO3. The lowest BCUT2D eigenvalue weighted by Crippen LogP contribution is -2.26. The monoisotopic (exact) mass is 290 g/mol. The molecule has 0 saturated heterocycles. The highest BCUT2D eigenvalue weighted by Crippen LogP contribution is 2.37. The van der Waals surface area contributed by atoms with Crippen LogP contribution in [0.5, 0.6) is 5.75 Å². The number of halogens is 3. The molecule has 0 N–H and O–H groups in total. The number of ether oxygens (including phenoxy) is 2. The molecule has 96 valence electrons. The van der Waals surface area contributed by atoms with Crippen LogP contribution in [0.4, 0.5) is 4.39 Å². The summed E-state index contributed by atoms with van der Waals surface area (Å²) in [4.78, 5) is 11.1. The molecule has 0 radical (unpaired) electrons. The van der Waals surface area contributed by atoms with E-state index >= 15 is 0 Å². The van der Waals surface area contributed by atoms with Gasteiger partial charge in [-0.05, 0) is 32.0 Å². The number of cyclic esters (lactones) is 1. The Kier molecular flexibility index (Phi) is 3.25. The number of hydrogen-bond donors (Lipinski definition) is 0. The maximum absolute atomic E-state index is 13.6. The fourth-order valence-corrected chi connectivity index (χ4v) is 1.96. The topological polar surface area (TPSA) is 35.5 Å². The second kappa shape index (κ2) is 4.44. The predicted molar refractivity (Wildman–Crippen MR) is 65.4 cm³/mol. The third kappa shape index (κ3) is 2.31. The van der Waals surface area contributed by atoms with Gasteiger partial charge in [-0.2, -0.15) is 4.39 Å². The molecule has 3 nitrogen and oxygen atoms in total. The Labute approximate surface area is 113 Å². The summed E-state index contributed by atoms with van der Waals surface area (Å²) >= 11 is 11.6. The normalized spacial score (nSPS) is 17.9. The Morgan fingerprint density at radius 1 is 1.33 bits per heavy atom. The van der Waals surface area contributed by atoms with Gasteiger partial charge in [-0.3, -0.25) is 0 Å². The lowest BCUT2D eigenvalue weighted by molar-refractivity contribution is -0.146. The van der Waals surface area contributed by atoms with Gasteiger partial charge in [0.25, 0.3) is 0 Å². The summed E-state index contributed by atoms with van der Waals surface area (Å²) in [5, 5.41) is 0.651. The summed E-state index contributed by atoms with van der Waals surface area (Å²) < 4.78 is 23.7. The van der Waals surface area contributed by atoms with Crippen LogP contribution in [-0.2, 0) is 9.53 Å². The van der Waals surface area contributed by atoms with E-state index < -0.39 is 17.4 Å². The molecule has 0 atom stereocenters. The zero-order valence-electron chi connectivity index (χ0n) is 9.59. The molecule has 18 heavy (non-hydrogen) atoms. The molecule has 1 aliphatic heterocycles. The van der Waals surface area contributed by atoms with Gasteiger partial charge in [0.1, 0.15) is 5.75 Å². The summed E-state index contributed by atoms with van der Waals surface area (Å²) in [6, 6.07) is 4.50. The zero-order chi connectivity index (χ0) is 13.5. The number of carbonyl (C=O) groups is 1. The molecule has 0 aromatic heterocycles. The minimum atomic E-state index is -1.16. The lowest BCUT2D eigenvalue weighted by Gasteiger charge is -2.20. The van der Waals surface area contributed by atoms with Crippen LogP contribution >= 0.6 is 23.2 Å². The van der Waals surface area contributed by atoms with Crippen LogP contribution in [0.1, 0.15) is 13.8 Å². The molecule has 0 amide bonds. The molecule has 2 rings (SSSR count). The zero-order valence-corrected chi connectivity index (χ0v) is 11.1. The van der Waals surface area contributed by atoms with Gasteiger partial charge in [0.15, 0.2) is 11.4 Å². The molecule has 1 heterocycles. The van der Waals surface area contributed by atoms with Crippen LogP contribution in [0.15, 0.2) is 29.8 Å². The van der Waals surface area contributed by atoms with E-state index in [-0.39, 0.29) is 16.5 Å². The molecule has 0 aliphatic carbocycles. The first-order chi connectivity index (χ1) is 8.31. The van der Waals surface area contributed by atoms with Gasteiger partial charge < -0.3 is 9.47 Å². The van der Waals surface area contributed by atoms with E-state index in [9.17, 15) is 9.18 Å². The smallest absolute Gasteiger partial charge is 0.371 e. The van der Waals surface area contributed by atoms with Crippen molar-refractivity contribution < 1.29 is 18.7 Å². The van der Waals surface area contributed by atoms with Crippen LogP contribution < -0.4 is 4.74 Å². The quantitative estimate of drug-likeness (QED) is 0.775. The Morgan fingerprint density at radius 2 is 2.00 bits per heavy atom. The molecule has 0 unspecified atom stereocenters. The summed E-state index contributed by atoms with van der Waals surface area (Å²) in [7, 11) is 0. The Bertz CT molecular complexity index is 552. The average Bonchev–Trinajstić information content (AvgIpc) is 2.44. The van der Waals surface area contributed by atoms with Crippen molar-refractivity contribution in [1.82, 2.24) is 0 Å². The highest BCUT2D eigenvalue weighted by atomic mass is 35.5. The SMILES string of the molecule is CC1(C)OC(=O)C(F)=C1Oc1ccc(Cl)cc1Cl.